The number of thiophene rings is 1. The number of alkyl halides is 1. The highest BCUT2D eigenvalue weighted by Gasteiger charge is 2.28. The van der Waals surface area contributed by atoms with Gasteiger partial charge in [-0.1, -0.05) is 12.8 Å². The topological polar surface area (TPSA) is 20.3 Å². The zero-order chi connectivity index (χ0) is 12.3. The molecule has 1 aliphatic carbocycles. The van der Waals surface area contributed by atoms with E-state index in [-0.39, 0.29) is 5.91 Å². The molecule has 1 aliphatic rings. The van der Waals surface area contributed by atoms with Crippen molar-refractivity contribution in [2.75, 3.05) is 12.4 Å². The van der Waals surface area contributed by atoms with Crippen LogP contribution in [0.25, 0.3) is 0 Å². The first-order chi connectivity index (χ1) is 8.24. The fourth-order valence-electron chi connectivity index (χ4n) is 2.48. The molecule has 1 heterocycles. The quantitative estimate of drug-likeness (QED) is 0.765. The van der Waals surface area contributed by atoms with Gasteiger partial charge in [0.25, 0.3) is 5.91 Å². The molecule has 1 saturated carbocycles. The molecule has 1 amide bonds. The van der Waals surface area contributed by atoms with Crippen molar-refractivity contribution < 1.29 is 4.79 Å². The molecule has 0 unspecified atom stereocenters. The lowest BCUT2D eigenvalue weighted by molar-refractivity contribution is 0.0699. The predicted molar refractivity (Wildman–Crippen MR) is 73.1 cm³/mol. The van der Waals surface area contributed by atoms with Gasteiger partial charge in [0.1, 0.15) is 0 Å². The summed E-state index contributed by atoms with van der Waals surface area (Å²) in [5.74, 6) is 0.692. The lowest BCUT2D eigenvalue weighted by Gasteiger charge is -2.28. The molecule has 0 saturated heterocycles. The fraction of sp³-hybridized carbons (Fsp3) is 0.615. The summed E-state index contributed by atoms with van der Waals surface area (Å²) >= 11 is 7.37. The Labute approximate surface area is 112 Å². The number of rotatable bonds is 4. The molecule has 0 atom stereocenters. The van der Waals surface area contributed by atoms with Crippen LogP contribution >= 0.6 is 22.9 Å². The zero-order valence-corrected chi connectivity index (χ0v) is 11.7. The Balaban J connectivity index is 2.15. The van der Waals surface area contributed by atoms with E-state index < -0.39 is 0 Å². The number of nitrogens with zero attached hydrogens (tertiary/aromatic N) is 1. The van der Waals surface area contributed by atoms with E-state index in [1.165, 1.54) is 24.2 Å². The minimum absolute atomic E-state index is 0.171. The van der Waals surface area contributed by atoms with Gasteiger partial charge in [-0.15, -0.1) is 22.9 Å². The summed E-state index contributed by atoms with van der Waals surface area (Å²) in [6, 6.07) is 2.41. The molecule has 1 fully saturated rings. The molecular formula is C13H18ClNOS. The minimum atomic E-state index is 0.171. The molecule has 0 N–H and O–H groups in total. The van der Waals surface area contributed by atoms with E-state index in [1.54, 1.807) is 0 Å². The second kappa shape index (κ2) is 5.87. The molecule has 0 bridgehead atoms. The van der Waals surface area contributed by atoms with Crippen LogP contribution in [0.3, 0.4) is 0 Å². The van der Waals surface area contributed by atoms with E-state index in [9.17, 15) is 4.79 Å². The predicted octanol–water partition coefficient (Wildman–Crippen LogP) is 3.68. The van der Waals surface area contributed by atoms with E-state index >= 15 is 0 Å². The molecule has 0 radical (unpaired) electrons. The number of aryl methyl sites for hydroxylation is 1. The molecule has 4 heteroatoms. The molecule has 0 aliphatic heterocycles. The number of carbonyl (C=O) groups is 1. The van der Waals surface area contributed by atoms with Gasteiger partial charge in [0.15, 0.2) is 0 Å². The largest absolute Gasteiger partial charge is 0.334 e. The number of carbonyl (C=O) groups excluding carboxylic acids is 1. The van der Waals surface area contributed by atoms with Crippen LogP contribution in [0.15, 0.2) is 11.4 Å². The first kappa shape index (κ1) is 12.9. The van der Waals surface area contributed by atoms with Gasteiger partial charge < -0.3 is 4.90 Å². The maximum absolute atomic E-state index is 12.5. The second-order valence-electron chi connectivity index (χ2n) is 4.56. The maximum Gasteiger partial charge on any atom is 0.264 e. The monoisotopic (exact) mass is 271 g/mol. The van der Waals surface area contributed by atoms with Crippen molar-refractivity contribution in [2.45, 2.75) is 38.6 Å². The molecule has 1 aromatic rings. The van der Waals surface area contributed by atoms with Crippen molar-refractivity contribution in [1.82, 2.24) is 4.90 Å². The maximum atomic E-state index is 12.5. The van der Waals surface area contributed by atoms with Crippen molar-refractivity contribution in [1.29, 1.82) is 0 Å². The Morgan fingerprint density at radius 2 is 2.24 bits per heavy atom. The van der Waals surface area contributed by atoms with Gasteiger partial charge in [0, 0.05) is 18.5 Å². The third kappa shape index (κ3) is 2.83. The summed E-state index contributed by atoms with van der Waals surface area (Å²) in [7, 11) is 0. The molecule has 17 heavy (non-hydrogen) atoms. The Morgan fingerprint density at radius 1 is 1.53 bits per heavy atom. The Hall–Kier alpha value is -0.540. The minimum Gasteiger partial charge on any atom is -0.334 e. The Morgan fingerprint density at radius 3 is 2.76 bits per heavy atom. The van der Waals surface area contributed by atoms with Gasteiger partial charge in [0.05, 0.1) is 4.88 Å². The van der Waals surface area contributed by atoms with E-state index in [0.717, 1.165) is 23.3 Å². The van der Waals surface area contributed by atoms with Crippen LogP contribution in [0, 0.1) is 6.92 Å². The Kier molecular flexibility index (Phi) is 4.46. The molecular weight excluding hydrogens is 254 g/mol. The standard InChI is InChI=1S/C13H18ClNOS/c1-10-6-9-17-12(10)13(16)15(8-7-14)11-4-2-3-5-11/h6,9,11H,2-5,7-8H2,1H3. The van der Waals surface area contributed by atoms with Crippen LogP contribution in [-0.2, 0) is 0 Å². The van der Waals surface area contributed by atoms with Gasteiger partial charge >= 0.3 is 0 Å². The van der Waals surface area contributed by atoms with Crippen molar-refractivity contribution in [3.63, 3.8) is 0 Å². The van der Waals surface area contributed by atoms with Crippen LogP contribution in [0.4, 0.5) is 0 Å². The lowest BCUT2D eigenvalue weighted by Crippen LogP contribution is -2.40. The van der Waals surface area contributed by atoms with Gasteiger partial charge in [-0.05, 0) is 36.8 Å². The molecule has 1 aromatic heterocycles. The SMILES string of the molecule is Cc1ccsc1C(=O)N(CCCl)C1CCCC1. The average Bonchev–Trinajstić information content (AvgIpc) is 2.95. The third-order valence-corrected chi connectivity index (χ3v) is 4.58. The van der Waals surface area contributed by atoms with Crippen molar-refractivity contribution in [3.8, 4) is 0 Å². The number of halogens is 1. The van der Waals surface area contributed by atoms with E-state index in [0.29, 0.717) is 18.5 Å². The first-order valence-electron chi connectivity index (χ1n) is 6.15. The summed E-state index contributed by atoms with van der Waals surface area (Å²) in [5.41, 5.74) is 1.08. The van der Waals surface area contributed by atoms with Crippen LogP contribution in [0.5, 0.6) is 0 Å². The van der Waals surface area contributed by atoms with Gasteiger partial charge in [-0.25, -0.2) is 0 Å². The number of hydrogen-bond donors (Lipinski definition) is 0. The summed E-state index contributed by atoms with van der Waals surface area (Å²) in [6.45, 7) is 2.67. The number of hydrogen-bond acceptors (Lipinski definition) is 2. The van der Waals surface area contributed by atoms with E-state index in [2.05, 4.69) is 0 Å². The van der Waals surface area contributed by atoms with E-state index in [1.807, 2.05) is 23.3 Å². The Bertz CT molecular complexity index is 385. The van der Waals surface area contributed by atoms with Gasteiger partial charge in [-0.3, -0.25) is 4.79 Å². The molecule has 94 valence electrons. The van der Waals surface area contributed by atoms with Crippen LogP contribution < -0.4 is 0 Å². The van der Waals surface area contributed by atoms with Gasteiger partial charge in [0.2, 0.25) is 0 Å². The molecule has 0 aromatic carbocycles. The van der Waals surface area contributed by atoms with Crippen molar-refractivity contribution in [3.05, 3.63) is 21.9 Å². The van der Waals surface area contributed by atoms with Crippen LogP contribution in [0.2, 0.25) is 0 Å². The summed E-state index contributed by atoms with van der Waals surface area (Å²) in [5, 5.41) is 1.98. The smallest absolute Gasteiger partial charge is 0.264 e. The lowest BCUT2D eigenvalue weighted by atomic mass is 10.2. The summed E-state index contributed by atoms with van der Waals surface area (Å²) in [4.78, 5) is 15.3. The van der Waals surface area contributed by atoms with Gasteiger partial charge in [-0.2, -0.15) is 0 Å². The van der Waals surface area contributed by atoms with Crippen LogP contribution in [-0.4, -0.2) is 29.3 Å². The summed E-state index contributed by atoms with van der Waals surface area (Å²) in [6.07, 6.45) is 4.74. The van der Waals surface area contributed by atoms with Crippen molar-refractivity contribution in [2.24, 2.45) is 0 Å². The highest BCUT2D eigenvalue weighted by Crippen LogP contribution is 2.27. The van der Waals surface area contributed by atoms with Crippen molar-refractivity contribution >= 4 is 28.8 Å². The fourth-order valence-corrected chi connectivity index (χ4v) is 3.54. The molecule has 0 spiro atoms. The summed E-state index contributed by atoms with van der Waals surface area (Å²) < 4.78 is 0. The third-order valence-electron chi connectivity index (χ3n) is 3.41. The zero-order valence-electron chi connectivity index (χ0n) is 10.1. The highest BCUT2D eigenvalue weighted by molar-refractivity contribution is 7.12. The molecule has 2 rings (SSSR count). The van der Waals surface area contributed by atoms with E-state index in [4.69, 9.17) is 11.6 Å². The number of amides is 1. The second-order valence-corrected chi connectivity index (χ2v) is 5.85. The molecule has 2 nitrogen and oxygen atoms in total. The van der Waals surface area contributed by atoms with Crippen LogP contribution in [0.1, 0.15) is 40.9 Å². The normalized spacial score (nSPS) is 16.4. The average molecular weight is 272 g/mol. The first-order valence-corrected chi connectivity index (χ1v) is 7.56. The highest BCUT2D eigenvalue weighted by atomic mass is 35.5.